The summed E-state index contributed by atoms with van der Waals surface area (Å²) in [7, 11) is -4.82. The molecule has 0 radical (unpaired) electrons. The number of pyridine rings is 1. The highest BCUT2D eigenvalue weighted by Crippen LogP contribution is 2.43. The number of carbonyl (C=O) groups is 1. The molecule has 0 spiro atoms. The lowest BCUT2D eigenvalue weighted by molar-refractivity contribution is 0.0830. The number of carbonyl (C=O) groups excluding carboxylic acids is 1. The first kappa shape index (κ1) is 35.8. The number of rotatable bonds is 7. The third-order valence-electron chi connectivity index (χ3n) is 10.8. The number of alkyl halides is 1. The Kier molecular flexibility index (Phi) is 9.38. The van der Waals surface area contributed by atoms with Crippen LogP contribution in [-0.4, -0.2) is 99.2 Å². The van der Waals surface area contributed by atoms with E-state index in [0.717, 1.165) is 24.9 Å². The number of benzene rings is 2. The summed E-state index contributed by atoms with van der Waals surface area (Å²) in [6.07, 6.45) is 4.42. The first-order valence-electron chi connectivity index (χ1n) is 17.9. The molecule has 282 valence electrons. The summed E-state index contributed by atoms with van der Waals surface area (Å²) < 4.78 is 65.3. The second kappa shape index (κ2) is 13.9. The van der Waals surface area contributed by atoms with Gasteiger partial charge in [0.1, 0.15) is 35.6 Å². The summed E-state index contributed by atoms with van der Waals surface area (Å²) in [4.78, 5) is 49.6. The van der Waals surface area contributed by atoms with Crippen molar-refractivity contribution in [2.75, 3.05) is 51.1 Å². The van der Waals surface area contributed by atoms with Gasteiger partial charge in [-0.05, 0) is 80.5 Å². The zero-order chi connectivity index (χ0) is 37.0. The summed E-state index contributed by atoms with van der Waals surface area (Å²) in [5, 5.41) is 4.70. The lowest BCUT2D eigenvalue weighted by atomic mass is 9.91. The SMILES string of the molecule is C[C@@]12CCCN(C1)c1nc(OC[C@@]34CCCN3C[C@H](F)C4)nc3c(F)c(ncc13)-c1cc(OCOP(=O)(O)O)cc3cccc(c13)CCCOC(=O)N2. The number of nitrogens with one attached hydrogen (secondary N) is 1. The van der Waals surface area contributed by atoms with Gasteiger partial charge in [-0.3, -0.25) is 9.88 Å². The average molecular weight is 755 g/mol. The van der Waals surface area contributed by atoms with Gasteiger partial charge >= 0.3 is 19.9 Å². The largest absolute Gasteiger partial charge is 0.472 e. The molecule has 7 heterocycles. The molecule has 3 N–H and O–H groups in total. The maximum atomic E-state index is 17.3. The molecule has 1 amide bonds. The number of fused-ring (bicyclic) bond motifs is 7. The van der Waals surface area contributed by atoms with Crippen molar-refractivity contribution in [2.45, 2.75) is 69.1 Å². The fraction of sp³-hybridized carbons (Fsp3) is 0.500. The monoisotopic (exact) mass is 754 g/mol. The van der Waals surface area contributed by atoms with E-state index in [1.54, 1.807) is 12.1 Å². The number of ether oxygens (including phenoxy) is 3. The number of piperidine rings is 1. The van der Waals surface area contributed by atoms with E-state index in [1.807, 2.05) is 30.0 Å². The first-order valence-corrected chi connectivity index (χ1v) is 19.4. The molecule has 2 aromatic heterocycles. The molecule has 53 heavy (non-hydrogen) atoms. The number of aromatic nitrogens is 3. The summed E-state index contributed by atoms with van der Waals surface area (Å²) in [5.41, 5.74) is -0.0617. The quantitative estimate of drug-likeness (QED) is 0.162. The maximum absolute atomic E-state index is 17.3. The van der Waals surface area contributed by atoms with Crippen molar-refractivity contribution in [1.82, 2.24) is 25.2 Å². The number of halogens is 2. The number of amides is 1. The van der Waals surface area contributed by atoms with Crippen LogP contribution in [0.5, 0.6) is 11.8 Å². The number of phosphoric ester groups is 1. The third-order valence-corrected chi connectivity index (χ3v) is 11.3. The molecule has 14 nitrogen and oxygen atoms in total. The minimum Gasteiger partial charge on any atom is -0.467 e. The van der Waals surface area contributed by atoms with E-state index in [0.29, 0.717) is 79.3 Å². The van der Waals surface area contributed by atoms with E-state index in [9.17, 15) is 23.5 Å². The number of alkyl carbamates (subject to hydrolysis) is 1. The van der Waals surface area contributed by atoms with Gasteiger partial charge in [-0.15, -0.1) is 0 Å². The molecule has 0 saturated carbocycles. The molecule has 0 unspecified atom stereocenters. The third kappa shape index (κ3) is 7.22. The van der Waals surface area contributed by atoms with Crippen LogP contribution in [0.3, 0.4) is 0 Å². The van der Waals surface area contributed by atoms with Crippen LogP contribution in [0.4, 0.5) is 19.4 Å². The number of phosphoric acid groups is 1. The lowest BCUT2D eigenvalue weighted by Crippen LogP contribution is -2.57. The van der Waals surface area contributed by atoms with Crippen LogP contribution in [0.15, 0.2) is 36.5 Å². The van der Waals surface area contributed by atoms with Gasteiger partial charge in [0.15, 0.2) is 12.6 Å². The highest BCUT2D eigenvalue weighted by Gasteiger charge is 2.49. The first-order chi connectivity index (χ1) is 25.4. The second-order valence-electron chi connectivity index (χ2n) is 14.7. The van der Waals surface area contributed by atoms with E-state index in [1.165, 1.54) is 6.20 Å². The second-order valence-corrected chi connectivity index (χ2v) is 15.9. The lowest BCUT2D eigenvalue weighted by Gasteiger charge is -2.41. The van der Waals surface area contributed by atoms with Crippen LogP contribution in [0.2, 0.25) is 0 Å². The minimum absolute atomic E-state index is 0.0312. The van der Waals surface area contributed by atoms with E-state index in [-0.39, 0.29) is 36.2 Å². The van der Waals surface area contributed by atoms with Crippen molar-refractivity contribution in [1.29, 1.82) is 0 Å². The van der Waals surface area contributed by atoms with Crippen LogP contribution in [0.25, 0.3) is 32.9 Å². The van der Waals surface area contributed by atoms with Gasteiger partial charge < -0.3 is 34.2 Å². The van der Waals surface area contributed by atoms with E-state index in [2.05, 4.69) is 24.7 Å². The molecule has 0 aliphatic carbocycles. The van der Waals surface area contributed by atoms with E-state index < -0.39 is 43.8 Å². The smallest absolute Gasteiger partial charge is 0.467 e. The number of aryl methyl sites for hydroxylation is 1. The predicted octanol–water partition coefficient (Wildman–Crippen LogP) is 5.42. The zero-order valence-corrected chi connectivity index (χ0v) is 30.1. The topological polar surface area (TPSA) is 169 Å². The van der Waals surface area contributed by atoms with Crippen LogP contribution < -0.4 is 19.7 Å². The number of nitrogens with zero attached hydrogens (tertiary/aromatic N) is 5. The van der Waals surface area contributed by atoms with Crippen LogP contribution in [0.1, 0.15) is 51.0 Å². The molecule has 9 rings (SSSR count). The highest BCUT2D eigenvalue weighted by atomic mass is 31.2. The normalized spacial score (nSPS) is 25.0. The Morgan fingerprint density at radius 1 is 1.13 bits per heavy atom. The van der Waals surface area contributed by atoms with Gasteiger partial charge in [0.05, 0.1) is 23.1 Å². The van der Waals surface area contributed by atoms with Gasteiger partial charge in [0.25, 0.3) is 0 Å². The zero-order valence-electron chi connectivity index (χ0n) is 29.2. The van der Waals surface area contributed by atoms with Crippen molar-refractivity contribution in [2.24, 2.45) is 0 Å². The van der Waals surface area contributed by atoms with Gasteiger partial charge in [0.2, 0.25) is 0 Å². The standard InChI is InChI=1S/C36H41F2N6O8P/c1-35-9-4-11-43(19-35)32-27-17-39-30(29(38)31(27)40-33(41-32)50-20-36-10-5-12-44(36)18-24(37)16-36)26-15-25(51-21-52-53(46,47)48)14-23-7-2-6-22(28(23)26)8-3-13-49-34(45)42-35/h2,6-7,14-15,17,24H,3-5,8-13,16,18-21H2,1H3,(H,42,45)(H2,46,47,48)/t24-,35-,36+/m1/s1. The Hall–Kier alpha value is -4.21. The molecule has 4 aromatic rings. The molecule has 5 aliphatic rings. The Morgan fingerprint density at radius 3 is 2.83 bits per heavy atom. The molecular weight excluding hydrogens is 713 g/mol. The number of hydrogen-bond acceptors (Lipinski definition) is 11. The number of anilines is 1. The van der Waals surface area contributed by atoms with Crippen molar-refractivity contribution >= 4 is 41.4 Å². The Balaban J connectivity index is 1.28. The predicted molar refractivity (Wildman–Crippen MR) is 190 cm³/mol. The highest BCUT2D eigenvalue weighted by molar-refractivity contribution is 7.46. The molecular formula is C36H41F2N6O8P. The average Bonchev–Trinajstić information content (AvgIpc) is 3.63. The summed E-state index contributed by atoms with van der Waals surface area (Å²) in [5.74, 6) is -0.184. The Morgan fingerprint density at radius 2 is 1.98 bits per heavy atom. The van der Waals surface area contributed by atoms with E-state index in [4.69, 9.17) is 19.2 Å². The summed E-state index contributed by atoms with van der Waals surface area (Å²) >= 11 is 0. The van der Waals surface area contributed by atoms with Crippen LogP contribution >= 0.6 is 7.82 Å². The van der Waals surface area contributed by atoms with Crippen molar-refractivity contribution in [3.05, 3.63) is 47.9 Å². The van der Waals surface area contributed by atoms with Gasteiger partial charge in [0, 0.05) is 37.8 Å². The number of hydrogen-bond donors (Lipinski definition) is 3. The molecule has 2 aromatic carbocycles. The molecule has 3 saturated heterocycles. The molecule has 3 fully saturated rings. The summed E-state index contributed by atoms with van der Waals surface area (Å²) in [6, 6.07) is 8.69. The van der Waals surface area contributed by atoms with Crippen molar-refractivity contribution in [3.63, 3.8) is 0 Å². The van der Waals surface area contributed by atoms with E-state index >= 15 is 4.39 Å². The Bertz CT molecular complexity index is 2120. The molecule has 5 aliphatic heterocycles. The Labute approximate surface area is 304 Å². The fourth-order valence-corrected chi connectivity index (χ4v) is 8.70. The molecule has 17 heteroatoms. The van der Waals surface area contributed by atoms with Crippen molar-refractivity contribution < 1.29 is 46.7 Å². The van der Waals surface area contributed by atoms with Crippen LogP contribution in [-0.2, 0) is 20.2 Å². The maximum Gasteiger partial charge on any atom is 0.472 e. The fourth-order valence-electron chi connectivity index (χ4n) is 8.51. The molecule has 6 bridgehead atoms. The van der Waals surface area contributed by atoms with Gasteiger partial charge in [-0.25, -0.2) is 22.7 Å². The van der Waals surface area contributed by atoms with Gasteiger partial charge in [-0.1, -0.05) is 18.2 Å². The van der Waals surface area contributed by atoms with Gasteiger partial charge in [-0.2, -0.15) is 9.97 Å². The molecule has 3 atom stereocenters. The summed E-state index contributed by atoms with van der Waals surface area (Å²) in [6.45, 7) is 3.52. The minimum atomic E-state index is -4.82. The van der Waals surface area contributed by atoms with Crippen LogP contribution in [0, 0.1) is 5.82 Å². The van der Waals surface area contributed by atoms with Crippen molar-refractivity contribution in [3.8, 4) is 23.0 Å².